The highest BCUT2D eigenvalue weighted by atomic mass is 32.2. The number of thiazole rings is 1. The fourth-order valence-electron chi connectivity index (χ4n) is 1.79. The summed E-state index contributed by atoms with van der Waals surface area (Å²) in [6.07, 6.45) is 0.170. The van der Waals surface area contributed by atoms with E-state index in [1.807, 2.05) is 31.4 Å². The first-order valence-corrected chi connectivity index (χ1v) is 8.99. The molecule has 2 N–H and O–H groups in total. The van der Waals surface area contributed by atoms with E-state index >= 15 is 0 Å². The second-order valence-electron chi connectivity index (χ2n) is 5.19. The lowest BCUT2D eigenvalue weighted by atomic mass is 10.1. The minimum Gasteiger partial charge on any atom is -0.273 e. The van der Waals surface area contributed by atoms with Crippen molar-refractivity contribution >= 4 is 34.9 Å². The third kappa shape index (κ3) is 5.69. The standard InChI is InChI=1S/C16H19N3O2S2/c1-10-4-5-13(6-11(10)2)22-9-15(21)19-18-14(20)7-16-17-12(3)8-23-16/h4-6,8H,7,9H2,1-3H3,(H,18,20)(H,19,21). The van der Waals surface area contributed by atoms with Gasteiger partial charge in [0.2, 0.25) is 11.8 Å². The van der Waals surface area contributed by atoms with Crippen LogP contribution in [0.3, 0.4) is 0 Å². The van der Waals surface area contributed by atoms with Gasteiger partial charge in [0.25, 0.3) is 0 Å². The Kier molecular flexibility index (Phi) is 6.18. The zero-order chi connectivity index (χ0) is 16.8. The minimum absolute atomic E-state index is 0.170. The average molecular weight is 349 g/mol. The van der Waals surface area contributed by atoms with Crippen LogP contribution in [0.4, 0.5) is 0 Å². The van der Waals surface area contributed by atoms with Crippen molar-refractivity contribution in [3.8, 4) is 0 Å². The van der Waals surface area contributed by atoms with Crippen molar-refractivity contribution in [2.45, 2.75) is 32.1 Å². The van der Waals surface area contributed by atoms with Crippen LogP contribution in [0.2, 0.25) is 0 Å². The molecule has 1 aromatic heterocycles. The first-order valence-electron chi connectivity index (χ1n) is 7.13. The fourth-order valence-corrected chi connectivity index (χ4v) is 3.36. The molecule has 0 aliphatic rings. The number of rotatable bonds is 5. The lowest BCUT2D eigenvalue weighted by molar-refractivity contribution is -0.127. The third-order valence-electron chi connectivity index (χ3n) is 3.17. The Hall–Kier alpha value is -1.86. The minimum atomic E-state index is -0.274. The number of amides is 2. The summed E-state index contributed by atoms with van der Waals surface area (Å²) in [6, 6.07) is 6.08. The fraction of sp³-hybridized carbons (Fsp3) is 0.312. The molecule has 0 saturated carbocycles. The van der Waals surface area contributed by atoms with Crippen LogP contribution in [0, 0.1) is 20.8 Å². The van der Waals surface area contributed by atoms with Crippen LogP contribution in [0.5, 0.6) is 0 Å². The Morgan fingerprint density at radius 1 is 1.13 bits per heavy atom. The number of aryl methyl sites for hydroxylation is 3. The smallest absolute Gasteiger partial charge is 0.248 e. The van der Waals surface area contributed by atoms with E-state index in [2.05, 4.69) is 28.8 Å². The Labute approximate surface area is 143 Å². The van der Waals surface area contributed by atoms with Crippen LogP contribution >= 0.6 is 23.1 Å². The third-order valence-corrected chi connectivity index (χ3v) is 5.13. The van der Waals surface area contributed by atoms with Gasteiger partial charge in [0.05, 0.1) is 12.2 Å². The van der Waals surface area contributed by atoms with E-state index in [1.54, 1.807) is 0 Å². The number of nitrogens with one attached hydrogen (secondary N) is 2. The summed E-state index contributed by atoms with van der Waals surface area (Å²) in [4.78, 5) is 28.7. The molecule has 0 unspecified atom stereocenters. The van der Waals surface area contributed by atoms with E-state index in [0.29, 0.717) is 0 Å². The Morgan fingerprint density at radius 3 is 2.52 bits per heavy atom. The molecule has 5 nitrogen and oxygen atoms in total. The molecule has 0 spiro atoms. The number of thioether (sulfide) groups is 1. The number of hydrogen-bond donors (Lipinski definition) is 2. The molecule has 1 aromatic carbocycles. The molecule has 2 rings (SSSR count). The Morgan fingerprint density at radius 2 is 1.87 bits per heavy atom. The van der Waals surface area contributed by atoms with Crippen molar-refractivity contribution in [3.05, 3.63) is 45.4 Å². The highest BCUT2D eigenvalue weighted by molar-refractivity contribution is 8.00. The lowest BCUT2D eigenvalue weighted by Crippen LogP contribution is -2.43. The van der Waals surface area contributed by atoms with E-state index in [0.717, 1.165) is 15.6 Å². The summed E-state index contributed by atoms with van der Waals surface area (Å²) in [5.74, 6) is -0.264. The predicted octanol–water partition coefficient (Wildman–Crippen LogP) is 2.55. The molecule has 0 radical (unpaired) electrons. The largest absolute Gasteiger partial charge is 0.273 e. The maximum Gasteiger partial charge on any atom is 0.248 e. The van der Waals surface area contributed by atoms with Crippen molar-refractivity contribution in [1.29, 1.82) is 0 Å². The van der Waals surface area contributed by atoms with Gasteiger partial charge in [0.1, 0.15) is 5.01 Å². The monoisotopic (exact) mass is 349 g/mol. The summed E-state index contributed by atoms with van der Waals surface area (Å²) in [5.41, 5.74) is 8.15. The van der Waals surface area contributed by atoms with Crippen LogP contribution in [0.25, 0.3) is 0 Å². The van der Waals surface area contributed by atoms with E-state index in [4.69, 9.17) is 0 Å². The molecule has 23 heavy (non-hydrogen) atoms. The van der Waals surface area contributed by atoms with E-state index in [1.165, 1.54) is 34.2 Å². The zero-order valence-corrected chi connectivity index (χ0v) is 14.9. The molecule has 122 valence electrons. The van der Waals surface area contributed by atoms with Crippen LogP contribution < -0.4 is 10.9 Å². The highest BCUT2D eigenvalue weighted by Gasteiger charge is 2.09. The van der Waals surface area contributed by atoms with Gasteiger partial charge in [-0.05, 0) is 44.0 Å². The maximum atomic E-state index is 11.8. The van der Waals surface area contributed by atoms with E-state index in [-0.39, 0.29) is 24.0 Å². The summed E-state index contributed by atoms with van der Waals surface area (Å²) in [6.45, 7) is 5.97. The van der Waals surface area contributed by atoms with Crippen molar-refractivity contribution in [2.75, 3.05) is 5.75 Å². The molecule has 0 saturated heterocycles. The SMILES string of the molecule is Cc1csc(CC(=O)NNC(=O)CSc2ccc(C)c(C)c2)n1. The quantitative estimate of drug-likeness (QED) is 0.643. The summed E-state index contributed by atoms with van der Waals surface area (Å²) >= 11 is 2.87. The average Bonchev–Trinajstić information content (AvgIpc) is 2.91. The van der Waals surface area contributed by atoms with Crippen molar-refractivity contribution in [3.63, 3.8) is 0 Å². The van der Waals surface area contributed by atoms with Crippen LogP contribution in [0.1, 0.15) is 21.8 Å². The van der Waals surface area contributed by atoms with Crippen LogP contribution in [-0.4, -0.2) is 22.6 Å². The van der Waals surface area contributed by atoms with E-state index in [9.17, 15) is 9.59 Å². The lowest BCUT2D eigenvalue weighted by Gasteiger charge is -2.07. The summed E-state index contributed by atoms with van der Waals surface area (Å²) in [5, 5.41) is 2.63. The molecule has 0 aliphatic heterocycles. The van der Waals surface area contributed by atoms with Crippen LogP contribution in [-0.2, 0) is 16.0 Å². The molecular weight excluding hydrogens is 330 g/mol. The Bertz CT molecular complexity index is 713. The molecule has 0 fully saturated rings. The number of aromatic nitrogens is 1. The maximum absolute atomic E-state index is 11.8. The van der Waals surface area contributed by atoms with Crippen molar-refractivity contribution in [2.24, 2.45) is 0 Å². The highest BCUT2D eigenvalue weighted by Crippen LogP contribution is 2.20. The number of hydrogen-bond acceptors (Lipinski definition) is 5. The zero-order valence-electron chi connectivity index (χ0n) is 13.3. The van der Waals surface area contributed by atoms with Gasteiger partial charge in [-0.15, -0.1) is 23.1 Å². The Balaban J connectivity index is 1.72. The van der Waals surface area contributed by atoms with Gasteiger partial charge in [-0.25, -0.2) is 4.98 Å². The second-order valence-corrected chi connectivity index (χ2v) is 7.18. The molecule has 0 aliphatic carbocycles. The normalized spacial score (nSPS) is 10.4. The van der Waals surface area contributed by atoms with Gasteiger partial charge in [-0.3, -0.25) is 20.4 Å². The van der Waals surface area contributed by atoms with Gasteiger partial charge in [-0.2, -0.15) is 0 Å². The predicted molar refractivity (Wildman–Crippen MR) is 93.5 cm³/mol. The number of hydrazine groups is 1. The van der Waals surface area contributed by atoms with Crippen LogP contribution in [0.15, 0.2) is 28.5 Å². The van der Waals surface area contributed by atoms with Crippen molar-refractivity contribution in [1.82, 2.24) is 15.8 Å². The van der Waals surface area contributed by atoms with Crippen molar-refractivity contribution < 1.29 is 9.59 Å². The number of nitrogens with zero attached hydrogens (tertiary/aromatic N) is 1. The molecule has 0 atom stereocenters. The number of benzene rings is 1. The molecule has 2 amide bonds. The van der Waals surface area contributed by atoms with Gasteiger partial charge in [0.15, 0.2) is 0 Å². The molecule has 2 aromatic rings. The molecule has 0 bridgehead atoms. The van der Waals surface area contributed by atoms with E-state index < -0.39 is 0 Å². The van der Waals surface area contributed by atoms with Gasteiger partial charge in [0, 0.05) is 16.0 Å². The first kappa shape index (κ1) is 17.5. The number of carbonyl (C=O) groups excluding carboxylic acids is 2. The summed E-state index contributed by atoms with van der Waals surface area (Å²) < 4.78 is 0. The molecule has 1 heterocycles. The summed E-state index contributed by atoms with van der Waals surface area (Å²) in [7, 11) is 0. The topological polar surface area (TPSA) is 71.1 Å². The first-order chi connectivity index (χ1) is 10.9. The van der Waals surface area contributed by atoms with Gasteiger partial charge in [-0.1, -0.05) is 6.07 Å². The number of carbonyl (C=O) groups is 2. The molecule has 7 heteroatoms. The van der Waals surface area contributed by atoms with Gasteiger partial charge >= 0.3 is 0 Å². The second kappa shape index (κ2) is 8.12. The van der Waals surface area contributed by atoms with Gasteiger partial charge < -0.3 is 0 Å². The molecular formula is C16H19N3O2S2.